The number of hydrogen-bond donors (Lipinski definition) is 1. The Bertz CT molecular complexity index is 463. The average Bonchev–Trinajstić information content (AvgIpc) is 2.42. The van der Waals surface area contributed by atoms with E-state index in [1.807, 2.05) is 6.92 Å². The fourth-order valence-electron chi connectivity index (χ4n) is 2.53. The van der Waals surface area contributed by atoms with Crippen LogP contribution in [-0.2, 0) is 0 Å². The van der Waals surface area contributed by atoms with E-state index in [9.17, 15) is 10.1 Å². The molecule has 104 valence electrons. The summed E-state index contributed by atoms with van der Waals surface area (Å²) in [5, 5.41) is 14.5. The first-order chi connectivity index (χ1) is 9.15. The van der Waals surface area contributed by atoms with E-state index < -0.39 is 0 Å². The molecule has 0 amide bonds. The van der Waals surface area contributed by atoms with Gasteiger partial charge in [-0.25, -0.2) is 0 Å². The van der Waals surface area contributed by atoms with Crippen LogP contribution in [0.1, 0.15) is 19.8 Å². The summed E-state index contributed by atoms with van der Waals surface area (Å²) in [5.74, 6) is 0. The van der Waals surface area contributed by atoms with E-state index in [-0.39, 0.29) is 16.7 Å². The summed E-state index contributed by atoms with van der Waals surface area (Å²) in [6.45, 7) is 4.63. The molecule has 6 nitrogen and oxygen atoms in total. The molecule has 2 heterocycles. The van der Waals surface area contributed by atoms with Gasteiger partial charge in [0.15, 0.2) is 0 Å². The Morgan fingerprint density at radius 1 is 1.63 bits per heavy atom. The van der Waals surface area contributed by atoms with Crippen molar-refractivity contribution < 1.29 is 4.92 Å². The highest BCUT2D eigenvalue weighted by molar-refractivity contribution is 9.10. The quantitative estimate of drug-likeness (QED) is 0.678. The lowest BCUT2D eigenvalue weighted by Crippen LogP contribution is -2.46. The Labute approximate surface area is 120 Å². The van der Waals surface area contributed by atoms with Crippen LogP contribution in [0.3, 0.4) is 0 Å². The van der Waals surface area contributed by atoms with Crippen LogP contribution < -0.4 is 10.2 Å². The van der Waals surface area contributed by atoms with Gasteiger partial charge in [0.05, 0.1) is 9.40 Å². The Kier molecular flexibility index (Phi) is 4.71. The summed E-state index contributed by atoms with van der Waals surface area (Å²) in [4.78, 5) is 16.8. The van der Waals surface area contributed by atoms with E-state index in [0.29, 0.717) is 10.2 Å². The van der Waals surface area contributed by atoms with Gasteiger partial charge < -0.3 is 10.2 Å². The van der Waals surface area contributed by atoms with Crippen molar-refractivity contribution in [2.24, 2.45) is 0 Å². The van der Waals surface area contributed by atoms with Crippen molar-refractivity contribution in [3.63, 3.8) is 0 Å². The van der Waals surface area contributed by atoms with E-state index in [1.54, 1.807) is 6.20 Å². The highest BCUT2D eigenvalue weighted by Gasteiger charge is 2.28. The smallest absolute Gasteiger partial charge is 0.311 e. The normalized spacial score (nSPS) is 19.2. The monoisotopic (exact) mass is 328 g/mol. The molecule has 1 aliphatic rings. The molecule has 7 heteroatoms. The minimum atomic E-state index is -0.369. The van der Waals surface area contributed by atoms with E-state index in [0.717, 1.165) is 32.5 Å². The molecule has 1 saturated heterocycles. The van der Waals surface area contributed by atoms with Crippen molar-refractivity contribution in [2.75, 3.05) is 24.5 Å². The first-order valence-corrected chi connectivity index (χ1v) is 7.19. The van der Waals surface area contributed by atoms with E-state index in [1.165, 1.54) is 6.20 Å². The SMILES string of the molecule is CCN(c1c(Br)cncc1[N+](=O)[O-])C1CCCNC1. The molecular formula is C12H17BrN4O2. The lowest BCUT2D eigenvalue weighted by molar-refractivity contribution is -0.384. The fraction of sp³-hybridized carbons (Fsp3) is 0.583. The molecule has 1 unspecified atom stereocenters. The standard InChI is InChI=1S/C12H17BrN4O2/c1-2-16(9-4-3-5-14-6-9)12-10(13)7-15-8-11(12)17(18)19/h7-9,14H,2-6H2,1H3. The highest BCUT2D eigenvalue weighted by Crippen LogP contribution is 2.36. The Morgan fingerprint density at radius 2 is 2.42 bits per heavy atom. The molecule has 19 heavy (non-hydrogen) atoms. The molecule has 1 aromatic rings. The molecular weight excluding hydrogens is 312 g/mol. The van der Waals surface area contributed by atoms with Gasteiger partial charge in [-0.15, -0.1) is 0 Å². The predicted octanol–water partition coefficient (Wildman–Crippen LogP) is 2.33. The van der Waals surface area contributed by atoms with Crippen LogP contribution in [0.4, 0.5) is 11.4 Å². The lowest BCUT2D eigenvalue weighted by Gasteiger charge is -2.35. The fourth-order valence-corrected chi connectivity index (χ4v) is 3.08. The second-order valence-corrected chi connectivity index (χ2v) is 5.39. The summed E-state index contributed by atoms with van der Waals surface area (Å²) < 4.78 is 0.675. The number of nitro groups is 1. The van der Waals surface area contributed by atoms with Crippen LogP contribution in [-0.4, -0.2) is 35.6 Å². The maximum absolute atomic E-state index is 11.2. The van der Waals surface area contributed by atoms with Gasteiger partial charge >= 0.3 is 5.69 Å². The molecule has 1 aromatic heterocycles. The molecule has 1 N–H and O–H groups in total. The van der Waals surface area contributed by atoms with Crippen molar-refractivity contribution in [1.82, 2.24) is 10.3 Å². The van der Waals surface area contributed by atoms with Crippen molar-refractivity contribution in [2.45, 2.75) is 25.8 Å². The second kappa shape index (κ2) is 6.29. The zero-order valence-corrected chi connectivity index (χ0v) is 12.4. The number of nitrogens with zero attached hydrogens (tertiary/aromatic N) is 3. The first kappa shape index (κ1) is 14.2. The number of pyridine rings is 1. The minimum Gasteiger partial charge on any atom is -0.361 e. The van der Waals surface area contributed by atoms with E-state index in [4.69, 9.17) is 0 Å². The topological polar surface area (TPSA) is 71.3 Å². The highest BCUT2D eigenvalue weighted by atomic mass is 79.9. The van der Waals surface area contributed by atoms with Gasteiger partial charge in [0, 0.05) is 25.3 Å². The van der Waals surface area contributed by atoms with Gasteiger partial charge in [0.1, 0.15) is 11.9 Å². The number of aromatic nitrogens is 1. The number of nitrogens with one attached hydrogen (secondary N) is 1. The van der Waals surface area contributed by atoms with Crippen LogP contribution in [0.25, 0.3) is 0 Å². The maximum Gasteiger partial charge on any atom is 0.311 e. The van der Waals surface area contributed by atoms with Crippen LogP contribution in [0.5, 0.6) is 0 Å². The van der Waals surface area contributed by atoms with Crippen molar-refractivity contribution >= 4 is 27.3 Å². The van der Waals surface area contributed by atoms with Gasteiger partial charge in [-0.05, 0) is 42.2 Å². The van der Waals surface area contributed by atoms with Crippen LogP contribution >= 0.6 is 15.9 Å². The average molecular weight is 329 g/mol. The summed E-state index contributed by atoms with van der Waals surface area (Å²) in [6, 6.07) is 0.288. The van der Waals surface area contributed by atoms with Gasteiger partial charge in [-0.3, -0.25) is 15.1 Å². The van der Waals surface area contributed by atoms with Crippen molar-refractivity contribution in [1.29, 1.82) is 0 Å². The zero-order valence-electron chi connectivity index (χ0n) is 10.8. The zero-order chi connectivity index (χ0) is 13.8. The summed E-state index contributed by atoms with van der Waals surface area (Å²) >= 11 is 3.39. The molecule has 0 bridgehead atoms. The summed E-state index contributed by atoms with van der Waals surface area (Å²) in [5.41, 5.74) is 0.693. The molecule has 0 radical (unpaired) electrons. The van der Waals surface area contributed by atoms with Crippen molar-refractivity contribution in [3.05, 3.63) is 27.0 Å². The van der Waals surface area contributed by atoms with Crippen LogP contribution in [0.15, 0.2) is 16.9 Å². The largest absolute Gasteiger partial charge is 0.361 e. The third kappa shape index (κ3) is 3.03. The number of anilines is 1. The maximum atomic E-state index is 11.2. The molecule has 0 aromatic carbocycles. The van der Waals surface area contributed by atoms with E-state index in [2.05, 4.69) is 31.1 Å². The number of rotatable bonds is 4. The predicted molar refractivity (Wildman–Crippen MR) is 77.5 cm³/mol. The number of likely N-dealkylation sites (N-methyl/N-ethyl adjacent to an activating group) is 1. The Hall–Kier alpha value is -1.21. The third-order valence-electron chi connectivity index (χ3n) is 3.39. The lowest BCUT2D eigenvalue weighted by atomic mass is 10.0. The van der Waals surface area contributed by atoms with Crippen LogP contribution in [0, 0.1) is 10.1 Å². The number of hydrogen-bond acceptors (Lipinski definition) is 5. The van der Waals surface area contributed by atoms with E-state index >= 15 is 0 Å². The van der Waals surface area contributed by atoms with Gasteiger partial charge in [0.25, 0.3) is 0 Å². The van der Waals surface area contributed by atoms with Gasteiger partial charge in [-0.2, -0.15) is 0 Å². The molecule has 1 aliphatic heterocycles. The van der Waals surface area contributed by atoms with Crippen molar-refractivity contribution in [3.8, 4) is 0 Å². The number of halogens is 1. The first-order valence-electron chi connectivity index (χ1n) is 6.40. The van der Waals surface area contributed by atoms with Crippen LogP contribution in [0.2, 0.25) is 0 Å². The Balaban J connectivity index is 2.39. The van der Waals surface area contributed by atoms with Gasteiger partial charge in [0.2, 0.25) is 0 Å². The summed E-state index contributed by atoms with van der Waals surface area (Å²) in [6.07, 6.45) is 5.07. The molecule has 0 saturated carbocycles. The minimum absolute atomic E-state index is 0.0572. The number of piperidine rings is 1. The van der Waals surface area contributed by atoms with Gasteiger partial charge in [-0.1, -0.05) is 0 Å². The molecule has 0 spiro atoms. The second-order valence-electron chi connectivity index (χ2n) is 4.53. The molecule has 1 fully saturated rings. The Morgan fingerprint density at radius 3 is 3.00 bits per heavy atom. The summed E-state index contributed by atoms with van der Waals surface area (Å²) in [7, 11) is 0. The third-order valence-corrected chi connectivity index (χ3v) is 3.97. The molecule has 2 rings (SSSR count). The molecule has 1 atom stereocenters. The molecule has 0 aliphatic carbocycles.